The Morgan fingerprint density at radius 1 is 1.19 bits per heavy atom. The molecule has 0 aliphatic carbocycles. The summed E-state index contributed by atoms with van der Waals surface area (Å²) in [5.74, 6) is -0.569. The Kier molecular flexibility index (Phi) is 4.62. The summed E-state index contributed by atoms with van der Waals surface area (Å²) in [5.41, 5.74) is 1.44. The Morgan fingerprint density at radius 2 is 1.88 bits per heavy atom. The van der Waals surface area contributed by atoms with Gasteiger partial charge in [0, 0.05) is 31.8 Å². The van der Waals surface area contributed by atoms with E-state index in [1.54, 1.807) is 12.1 Å². The molecule has 1 N–H and O–H groups in total. The van der Waals surface area contributed by atoms with E-state index in [0.717, 1.165) is 5.56 Å². The molecule has 0 fully saturated rings. The van der Waals surface area contributed by atoms with Crippen LogP contribution >= 0.6 is 0 Å². The number of hydrogen-bond acceptors (Lipinski definition) is 6. The van der Waals surface area contributed by atoms with Crippen molar-refractivity contribution in [1.29, 1.82) is 0 Å². The molecule has 10 heteroatoms. The molecule has 0 bridgehead atoms. The molecule has 0 amide bonds. The molecule has 0 aliphatic heterocycles. The summed E-state index contributed by atoms with van der Waals surface area (Å²) in [5, 5.41) is 10.6. The first kappa shape index (κ1) is 17.8. The van der Waals surface area contributed by atoms with Gasteiger partial charge in [-0.05, 0) is 24.1 Å². The molecule has 26 heavy (non-hydrogen) atoms. The fourth-order valence-corrected chi connectivity index (χ4v) is 3.53. The van der Waals surface area contributed by atoms with Crippen LogP contribution in [0.4, 0.5) is 5.69 Å². The molecule has 2 aromatic carbocycles. The fraction of sp³-hybridized carbons (Fsp3) is 0.188. The number of nitrogens with one attached hydrogen (secondary N) is 1. The van der Waals surface area contributed by atoms with Crippen LogP contribution in [0.2, 0.25) is 0 Å². The van der Waals surface area contributed by atoms with Crippen LogP contribution in [0.15, 0.2) is 56.6 Å². The van der Waals surface area contributed by atoms with E-state index in [0.29, 0.717) is 11.9 Å². The van der Waals surface area contributed by atoms with Crippen molar-refractivity contribution in [3.63, 3.8) is 0 Å². The molecule has 1 heterocycles. The van der Waals surface area contributed by atoms with Crippen molar-refractivity contribution in [2.45, 2.75) is 11.3 Å². The highest BCUT2D eigenvalue weighted by atomic mass is 32.2. The highest BCUT2D eigenvalue weighted by Crippen LogP contribution is 2.18. The maximum absolute atomic E-state index is 12.4. The molecule has 0 spiro atoms. The minimum atomic E-state index is -3.78. The number of sulfonamides is 1. The number of nitrogens with zero attached hydrogens (tertiary/aromatic N) is 2. The number of benzene rings is 2. The van der Waals surface area contributed by atoms with Gasteiger partial charge < -0.3 is 4.42 Å². The number of nitro groups is 1. The number of nitro benzene ring substituents is 1. The predicted molar refractivity (Wildman–Crippen MR) is 93.4 cm³/mol. The molecule has 0 saturated heterocycles. The molecule has 0 unspecified atom stereocenters. The van der Waals surface area contributed by atoms with Crippen LogP contribution in [-0.4, -0.2) is 24.5 Å². The predicted octanol–water partition coefficient (Wildman–Crippen LogP) is 1.56. The molecular weight excluding hydrogens is 362 g/mol. The van der Waals surface area contributed by atoms with Crippen molar-refractivity contribution in [2.24, 2.45) is 7.05 Å². The zero-order chi connectivity index (χ0) is 18.9. The lowest BCUT2D eigenvalue weighted by atomic mass is 10.1. The third-order valence-corrected chi connectivity index (χ3v) is 5.39. The average molecular weight is 377 g/mol. The first-order valence-corrected chi connectivity index (χ1v) is 9.09. The molecule has 1 aromatic heterocycles. The van der Waals surface area contributed by atoms with Gasteiger partial charge in [0.25, 0.3) is 5.69 Å². The van der Waals surface area contributed by atoms with E-state index >= 15 is 0 Å². The fourth-order valence-electron chi connectivity index (χ4n) is 2.48. The monoisotopic (exact) mass is 377 g/mol. The van der Waals surface area contributed by atoms with Gasteiger partial charge in [0.05, 0.1) is 15.3 Å². The standard InChI is InChI=1S/C16H15N3O6S/c1-18-14-7-6-13(10-15(14)25-16(18)20)26(23,24)17-9-8-11-2-4-12(5-3-11)19(21)22/h2-7,10,17H,8-9H2,1H3. The minimum absolute atomic E-state index is 0.0111. The minimum Gasteiger partial charge on any atom is -0.408 e. The van der Waals surface area contributed by atoms with Crippen LogP contribution in [0.25, 0.3) is 11.1 Å². The van der Waals surface area contributed by atoms with Gasteiger partial charge >= 0.3 is 5.76 Å². The highest BCUT2D eigenvalue weighted by molar-refractivity contribution is 7.89. The number of aryl methyl sites for hydroxylation is 1. The third-order valence-electron chi connectivity index (χ3n) is 3.93. The molecular formula is C16H15N3O6S. The van der Waals surface area contributed by atoms with Crippen molar-refractivity contribution < 1.29 is 17.8 Å². The number of hydrogen-bond donors (Lipinski definition) is 1. The zero-order valence-electron chi connectivity index (χ0n) is 13.7. The summed E-state index contributed by atoms with van der Waals surface area (Å²) in [6, 6.07) is 10.1. The van der Waals surface area contributed by atoms with Gasteiger partial charge in [-0.3, -0.25) is 14.7 Å². The van der Waals surface area contributed by atoms with E-state index in [2.05, 4.69) is 4.72 Å². The van der Waals surface area contributed by atoms with Crippen molar-refractivity contribution >= 4 is 26.8 Å². The van der Waals surface area contributed by atoms with Crippen molar-refractivity contribution in [3.8, 4) is 0 Å². The van der Waals surface area contributed by atoms with E-state index in [-0.39, 0.29) is 22.7 Å². The molecule has 136 valence electrons. The van der Waals surface area contributed by atoms with Gasteiger partial charge in [-0.25, -0.2) is 17.9 Å². The zero-order valence-corrected chi connectivity index (χ0v) is 14.5. The maximum Gasteiger partial charge on any atom is 0.419 e. The molecule has 3 aromatic rings. The van der Waals surface area contributed by atoms with Crippen molar-refractivity contribution in [3.05, 3.63) is 68.7 Å². The van der Waals surface area contributed by atoms with Gasteiger partial charge in [0.15, 0.2) is 5.58 Å². The number of oxazole rings is 1. The lowest BCUT2D eigenvalue weighted by Gasteiger charge is -2.07. The normalized spacial score (nSPS) is 11.7. The van der Waals surface area contributed by atoms with E-state index in [4.69, 9.17) is 4.42 Å². The summed E-state index contributed by atoms with van der Waals surface area (Å²) >= 11 is 0. The lowest BCUT2D eigenvalue weighted by molar-refractivity contribution is -0.384. The molecule has 3 rings (SSSR count). The Hall–Kier alpha value is -2.98. The van der Waals surface area contributed by atoms with Crippen molar-refractivity contribution in [1.82, 2.24) is 9.29 Å². The van der Waals surface area contributed by atoms with E-state index in [1.165, 1.54) is 41.9 Å². The second-order valence-corrected chi connectivity index (χ2v) is 7.39. The van der Waals surface area contributed by atoms with Gasteiger partial charge in [-0.15, -0.1) is 0 Å². The van der Waals surface area contributed by atoms with Crippen molar-refractivity contribution in [2.75, 3.05) is 6.54 Å². The van der Waals surface area contributed by atoms with Gasteiger partial charge in [0.2, 0.25) is 10.0 Å². The number of rotatable bonds is 6. The molecule has 0 radical (unpaired) electrons. The SMILES string of the molecule is Cn1c(=O)oc2cc(S(=O)(=O)NCCc3ccc([N+](=O)[O-])cc3)ccc21. The van der Waals surface area contributed by atoms with Crippen LogP contribution in [0.1, 0.15) is 5.56 Å². The Balaban J connectivity index is 1.70. The quantitative estimate of drug-likeness (QED) is 0.513. The van der Waals surface area contributed by atoms with Crippen LogP contribution in [0.3, 0.4) is 0 Å². The van der Waals surface area contributed by atoms with E-state index < -0.39 is 20.7 Å². The number of fused-ring (bicyclic) bond motifs is 1. The summed E-state index contributed by atoms with van der Waals surface area (Å²) in [4.78, 5) is 21.6. The second kappa shape index (κ2) is 6.73. The summed E-state index contributed by atoms with van der Waals surface area (Å²) in [6.07, 6.45) is 0.375. The Morgan fingerprint density at radius 3 is 2.54 bits per heavy atom. The van der Waals surface area contributed by atoms with E-state index in [1.807, 2.05) is 0 Å². The molecule has 9 nitrogen and oxygen atoms in total. The van der Waals surface area contributed by atoms with Gasteiger partial charge in [0.1, 0.15) is 0 Å². The first-order chi connectivity index (χ1) is 12.3. The number of non-ortho nitro benzene ring substituents is 1. The first-order valence-electron chi connectivity index (χ1n) is 7.60. The third kappa shape index (κ3) is 3.51. The second-order valence-electron chi connectivity index (χ2n) is 5.63. The van der Waals surface area contributed by atoms with E-state index in [9.17, 15) is 23.3 Å². The lowest BCUT2D eigenvalue weighted by Crippen LogP contribution is -2.26. The number of aromatic nitrogens is 1. The molecule has 0 aliphatic rings. The van der Waals surface area contributed by atoms with Crippen LogP contribution in [-0.2, 0) is 23.5 Å². The summed E-state index contributed by atoms with van der Waals surface area (Å²) in [6.45, 7) is 0.122. The van der Waals surface area contributed by atoms with Crippen LogP contribution < -0.4 is 10.5 Å². The summed E-state index contributed by atoms with van der Waals surface area (Å²) in [7, 11) is -2.24. The smallest absolute Gasteiger partial charge is 0.408 e. The topological polar surface area (TPSA) is 124 Å². The Labute approximate surface area is 148 Å². The molecule has 0 atom stereocenters. The van der Waals surface area contributed by atoms with Gasteiger partial charge in [-0.2, -0.15) is 0 Å². The average Bonchev–Trinajstić information content (AvgIpc) is 2.89. The largest absolute Gasteiger partial charge is 0.419 e. The van der Waals surface area contributed by atoms with Gasteiger partial charge in [-0.1, -0.05) is 12.1 Å². The Bertz CT molecular complexity index is 1130. The summed E-state index contributed by atoms with van der Waals surface area (Å²) < 4.78 is 33.5. The van der Waals surface area contributed by atoms with Crippen LogP contribution in [0, 0.1) is 10.1 Å². The van der Waals surface area contributed by atoms with Crippen LogP contribution in [0.5, 0.6) is 0 Å². The highest BCUT2D eigenvalue weighted by Gasteiger charge is 2.16. The molecule has 0 saturated carbocycles. The maximum atomic E-state index is 12.4.